The predicted molar refractivity (Wildman–Crippen MR) is 73.4 cm³/mol. The van der Waals surface area contributed by atoms with Crippen molar-refractivity contribution in [3.63, 3.8) is 0 Å². The van der Waals surface area contributed by atoms with Gasteiger partial charge in [-0.25, -0.2) is 4.79 Å². The lowest BCUT2D eigenvalue weighted by molar-refractivity contribution is 0.182. The lowest BCUT2D eigenvalue weighted by Gasteiger charge is -2.36. The van der Waals surface area contributed by atoms with Crippen LogP contribution in [0.3, 0.4) is 0 Å². The fourth-order valence-corrected chi connectivity index (χ4v) is 3.19. The van der Waals surface area contributed by atoms with E-state index in [-0.39, 0.29) is 11.6 Å². The molecule has 4 heteroatoms. The van der Waals surface area contributed by atoms with Crippen molar-refractivity contribution in [3.05, 3.63) is 0 Å². The molecule has 2 fully saturated rings. The molecule has 0 atom stereocenters. The van der Waals surface area contributed by atoms with Crippen LogP contribution in [0.4, 0.5) is 4.79 Å². The Labute approximate surface area is 110 Å². The number of likely N-dealkylation sites (tertiary alicyclic amines) is 1. The molecule has 18 heavy (non-hydrogen) atoms. The van der Waals surface area contributed by atoms with Gasteiger partial charge in [0.25, 0.3) is 0 Å². The van der Waals surface area contributed by atoms with Crippen LogP contribution >= 0.6 is 0 Å². The lowest BCUT2D eigenvalue weighted by atomic mass is 9.84. The first-order valence-corrected chi connectivity index (χ1v) is 7.53. The molecule has 0 spiro atoms. The van der Waals surface area contributed by atoms with E-state index in [2.05, 4.69) is 5.32 Å². The van der Waals surface area contributed by atoms with Crippen molar-refractivity contribution in [2.45, 2.75) is 63.3 Å². The van der Waals surface area contributed by atoms with Crippen molar-refractivity contribution in [3.8, 4) is 0 Å². The standard InChI is InChI=1S/C14H27N3O/c15-12-14(8-4-2-1-3-5-9-14)16-13(18)17-10-6-7-11-17/h1-12,15H2,(H,16,18). The van der Waals surface area contributed by atoms with Gasteiger partial charge in [0.2, 0.25) is 0 Å². The number of carbonyl (C=O) groups excluding carboxylic acids is 1. The summed E-state index contributed by atoms with van der Waals surface area (Å²) in [5.41, 5.74) is 5.83. The first-order chi connectivity index (χ1) is 8.76. The second-order valence-electron chi connectivity index (χ2n) is 5.88. The fraction of sp³-hybridized carbons (Fsp3) is 0.929. The van der Waals surface area contributed by atoms with Crippen molar-refractivity contribution < 1.29 is 4.79 Å². The van der Waals surface area contributed by atoms with Gasteiger partial charge in [-0.05, 0) is 25.7 Å². The van der Waals surface area contributed by atoms with Gasteiger partial charge in [0, 0.05) is 19.6 Å². The van der Waals surface area contributed by atoms with Crippen molar-refractivity contribution in [1.29, 1.82) is 0 Å². The van der Waals surface area contributed by atoms with E-state index in [0.717, 1.165) is 38.8 Å². The third kappa shape index (κ3) is 3.37. The van der Waals surface area contributed by atoms with Gasteiger partial charge in [-0.15, -0.1) is 0 Å². The molecule has 0 radical (unpaired) electrons. The largest absolute Gasteiger partial charge is 0.331 e. The zero-order chi connectivity index (χ0) is 12.8. The second kappa shape index (κ2) is 6.41. The van der Waals surface area contributed by atoms with Crippen LogP contribution in [-0.4, -0.2) is 36.1 Å². The monoisotopic (exact) mass is 253 g/mol. The maximum absolute atomic E-state index is 12.2. The van der Waals surface area contributed by atoms with Gasteiger partial charge in [0.05, 0.1) is 5.54 Å². The van der Waals surface area contributed by atoms with Gasteiger partial charge < -0.3 is 16.0 Å². The molecule has 104 valence electrons. The number of amides is 2. The molecule has 0 bridgehead atoms. The number of hydrogen-bond donors (Lipinski definition) is 2. The number of nitrogens with zero attached hydrogens (tertiary/aromatic N) is 1. The molecule has 0 aromatic rings. The summed E-state index contributed by atoms with van der Waals surface area (Å²) in [4.78, 5) is 14.2. The number of nitrogens with one attached hydrogen (secondary N) is 1. The normalized spacial score (nSPS) is 24.4. The minimum Gasteiger partial charge on any atom is -0.331 e. The SMILES string of the molecule is NCC1(NC(=O)N2CCCC2)CCCCCCC1. The van der Waals surface area contributed by atoms with Gasteiger partial charge in [0.1, 0.15) is 0 Å². The second-order valence-corrected chi connectivity index (χ2v) is 5.88. The van der Waals surface area contributed by atoms with Gasteiger partial charge in [-0.2, -0.15) is 0 Å². The van der Waals surface area contributed by atoms with Crippen molar-refractivity contribution in [2.24, 2.45) is 5.73 Å². The van der Waals surface area contributed by atoms with E-state index in [0.29, 0.717) is 6.54 Å². The molecule has 1 aliphatic heterocycles. The van der Waals surface area contributed by atoms with Crippen LogP contribution in [0.1, 0.15) is 57.8 Å². The Morgan fingerprint density at radius 2 is 1.56 bits per heavy atom. The zero-order valence-corrected chi connectivity index (χ0v) is 11.4. The third-order valence-electron chi connectivity index (χ3n) is 4.47. The highest BCUT2D eigenvalue weighted by Gasteiger charge is 2.32. The molecule has 0 unspecified atom stereocenters. The van der Waals surface area contributed by atoms with Crippen LogP contribution in [0.15, 0.2) is 0 Å². The predicted octanol–water partition coefficient (Wildman–Crippen LogP) is 2.23. The highest BCUT2D eigenvalue weighted by Crippen LogP contribution is 2.26. The van der Waals surface area contributed by atoms with Crippen molar-refractivity contribution >= 4 is 6.03 Å². The van der Waals surface area contributed by atoms with Gasteiger partial charge in [0.15, 0.2) is 0 Å². The van der Waals surface area contributed by atoms with Crippen LogP contribution in [0.5, 0.6) is 0 Å². The van der Waals surface area contributed by atoms with Crippen LogP contribution in [0.2, 0.25) is 0 Å². The Morgan fingerprint density at radius 1 is 1.00 bits per heavy atom. The van der Waals surface area contributed by atoms with E-state index in [9.17, 15) is 4.79 Å². The molecule has 1 saturated heterocycles. The van der Waals surface area contributed by atoms with E-state index in [1.807, 2.05) is 4.90 Å². The fourth-order valence-electron chi connectivity index (χ4n) is 3.19. The minimum absolute atomic E-state index is 0.110. The van der Waals surface area contributed by atoms with E-state index >= 15 is 0 Å². The molecule has 1 saturated carbocycles. The smallest absolute Gasteiger partial charge is 0.317 e. The molecular weight excluding hydrogens is 226 g/mol. The number of hydrogen-bond acceptors (Lipinski definition) is 2. The maximum Gasteiger partial charge on any atom is 0.317 e. The highest BCUT2D eigenvalue weighted by molar-refractivity contribution is 5.75. The van der Waals surface area contributed by atoms with Gasteiger partial charge in [-0.3, -0.25) is 0 Å². The van der Waals surface area contributed by atoms with Gasteiger partial charge >= 0.3 is 6.03 Å². The molecule has 1 aliphatic carbocycles. The van der Waals surface area contributed by atoms with Crippen LogP contribution in [-0.2, 0) is 0 Å². The summed E-state index contributed by atoms with van der Waals surface area (Å²) in [6.07, 6.45) is 10.6. The summed E-state index contributed by atoms with van der Waals surface area (Å²) in [6.45, 7) is 2.39. The molecule has 0 aromatic heterocycles. The molecule has 2 aliphatic rings. The first kappa shape index (κ1) is 13.7. The summed E-state index contributed by atoms with van der Waals surface area (Å²) in [5, 5.41) is 3.25. The van der Waals surface area contributed by atoms with E-state index < -0.39 is 0 Å². The zero-order valence-electron chi connectivity index (χ0n) is 11.4. The molecule has 2 rings (SSSR count). The summed E-state index contributed by atoms with van der Waals surface area (Å²) < 4.78 is 0. The van der Waals surface area contributed by atoms with Crippen molar-refractivity contribution in [2.75, 3.05) is 19.6 Å². The number of urea groups is 1. The summed E-state index contributed by atoms with van der Waals surface area (Å²) >= 11 is 0. The topological polar surface area (TPSA) is 58.4 Å². The van der Waals surface area contributed by atoms with E-state index in [1.165, 1.54) is 32.1 Å². The lowest BCUT2D eigenvalue weighted by Crippen LogP contribution is -2.57. The number of carbonyl (C=O) groups is 1. The molecule has 3 N–H and O–H groups in total. The molecule has 0 aromatic carbocycles. The average molecular weight is 253 g/mol. The Balaban J connectivity index is 1.94. The van der Waals surface area contributed by atoms with Crippen molar-refractivity contribution in [1.82, 2.24) is 10.2 Å². The van der Waals surface area contributed by atoms with Gasteiger partial charge in [-0.1, -0.05) is 32.1 Å². The van der Waals surface area contributed by atoms with E-state index in [1.54, 1.807) is 0 Å². The Kier molecular flexibility index (Phi) is 4.87. The molecule has 1 heterocycles. The quantitative estimate of drug-likeness (QED) is 0.793. The summed E-state index contributed by atoms with van der Waals surface area (Å²) in [6, 6.07) is 0.110. The average Bonchev–Trinajstić information content (AvgIpc) is 2.86. The first-order valence-electron chi connectivity index (χ1n) is 7.53. The Morgan fingerprint density at radius 3 is 2.11 bits per heavy atom. The number of rotatable bonds is 2. The molecule has 2 amide bonds. The molecular formula is C14H27N3O. The summed E-state index contributed by atoms with van der Waals surface area (Å²) in [7, 11) is 0. The van der Waals surface area contributed by atoms with Crippen LogP contribution < -0.4 is 11.1 Å². The van der Waals surface area contributed by atoms with Crippen LogP contribution in [0.25, 0.3) is 0 Å². The van der Waals surface area contributed by atoms with E-state index in [4.69, 9.17) is 5.73 Å². The maximum atomic E-state index is 12.2. The Bertz CT molecular complexity index is 266. The molecule has 4 nitrogen and oxygen atoms in total. The number of nitrogens with two attached hydrogens (primary N) is 1. The Hall–Kier alpha value is -0.770. The highest BCUT2D eigenvalue weighted by atomic mass is 16.2. The summed E-state index contributed by atoms with van der Waals surface area (Å²) in [5.74, 6) is 0. The minimum atomic E-state index is -0.139. The van der Waals surface area contributed by atoms with Crippen LogP contribution in [0, 0.1) is 0 Å². The third-order valence-corrected chi connectivity index (χ3v) is 4.47.